The number of carbonyl (C=O) groups excluding carboxylic acids is 2. The highest BCUT2D eigenvalue weighted by Gasteiger charge is 2.31. The molecule has 3 heterocycles. The van der Waals surface area contributed by atoms with Crippen molar-refractivity contribution in [3.05, 3.63) is 101 Å². The normalized spacial score (nSPS) is 12.9. The summed E-state index contributed by atoms with van der Waals surface area (Å²) in [7, 11) is 0. The number of aromatic nitrogens is 3. The number of alkyl halides is 3. The van der Waals surface area contributed by atoms with Gasteiger partial charge in [0, 0.05) is 29.7 Å². The molecule has 1 aliphatic rings. The quantitative estimate of drug-likeness (QED) is 0.433. The van der Waals surface area contributed by atoms with Crippen molar-refractivity contribution in [2.45, 2.75) is 19.5 Å². The lowest BCUT2D eigenvalue weighted by Crippen LogP contribution is -2.28. The molecule has 0 saturated heterocycles. The average molecular weight is 491 g/mol. The Bertz CT molecular complexity index is 1440. The van der Waals surface area contributed by atoms with Gasteiger partial charge in [-0.2, -0.15) is 18.3 Å². The largest absolute Gasteiger partial charge is 0.417 e. The number of carbonyl (C=O) groups is 2. The van der Waals surface area contributed by atoms with Gasteiger partial charge in [0.05, 0.1) is 23.0 Å². The Balaban J connectivity index is 1.28. The minimum atomic E-state index is -4.49. The zero-order valence-electron chi connectivity index (χ0n) is 19.1. The summed E-state index contributed by atoms with van der Waals surface area (Å²) in [5, 5.41) is 6.86. The van der Waals surface area contributed by atoms with E-state index >= 15 is 0 Å². The summed E-state index contributed by atoms with van der Waals surface area (Å²) in [5.74, 6) is -0.400. The molecule has 0 saturated carbocycles. The minimum absolute atomic E-state index is 0.112. The van der Waals surface area contributed by atoms with E-state index in [0.29, 0.717) is 23.5 Å². The Hall–Kier alpha value is -4.47. The predicted molar refractivity (Wildman–Crippen MR) is 127 cm³/mol. The Morgan fingerprint density at radius 3 is 2.42 bits per heavy atom. The molecule has 0 atom stereocenters. The molecule has 0 radical (unpaired) electrons. The molecule has 2 aromatic carbocycles. The van der Waals surface area contributed by atoms with Gasteiger partial charge in [-0.3, -0.25) is 9.59 Å². The number of hydrogen-bond acceptors (Lipinski definition) is 4. The topological polar surface area (TPSA) is 80.1 Å². The molecule has 2 aromatic heterocycles. The zero-order chi connectivity index (χ0) is 25.4. The summed E-state index contributed by atoms with van der Waals surface area (Å²) in [5.41, 5.74) is 2.82. The number of pyridine rings is 1. The maximum absolute atomic E-state index is 13.0. The molecule has 2 amide bonds. The van der Waals surface area contributed by atoms with Crippen molar-refractivity contribution >= 4 is 23.2 Å². The summed E-state index contributed by atoms with van der Waals surface area (Å²) in [6.45, 7) is 2.24. The number of amides is 2. The SMILES string of the molecule is Cc1c(C(=O)Nc2ccc(C(=O)N3CCc4ccccc43)cc2)cnn1-c1ccc(C(F)(F)F)cn1. The first-order valence-corrected chi connectivity index (χ1v) is 11.1. The van der Waals surface area contributed by atoms with Crippen LogP contribution in [0.4, 0.5) is 24.5 Å². The number of halogens is 3. The van der Waals surface area contributed by atoms with E-state index in [1.54, 1.807) is 36.1 Å². The Labute approximate surface area is 204 Å². The van der Waals surface area contributed by atoms with E-state index in [4.69, 9.17) is 0 Å². The molecule has 7 nitrogen and oxygen atoms in total. The number of rotatable bonds is 4. The Morgan fingerprint density at radius 1 is 0.972 bits per heavy atom. The van der Waals surface area contributed by atoms with Crippen molar-refractivity contribution in [3.8, 4) is 5.82 Å². The third-order valence-corrected chi connectivity index (χ3v) is 6.07. The Morgan fingerprint density at radius 2 is 1.72 bits per heavy atom. The van der Waals surface area contributed by atoms with Crippen LogP contribution in [0.5, 0.6) is 0 Å². The lowest BCUT2D eigenvalue weighted by Gasteiger charge is -2.17. The van der Waals surface area contributed by atoms with E-state index in [2.05, 4.69) is 15.4 Å². The van der Waals surface area contributed by atoms with Gasteiger partial charge in [0.15, 0.2) is 5.82 Å². The smallest absolute Gasteiger partial charge is 0.322 e. The molecule has 0 unspecified atom stereocenters. The molecule has 0 aliphatic carbocycles. The maximum Gasteiger partial charge on any atom is 0.417 e. The zero-order valence-corrected chi connectivity index (χ0v) is 19.1. The fraction of sp³-hybridized carbons (Fsp3) is 0.154. The van der Waals surface area contributed by atoms with Crippen LogP contribution in [0.15, 0.2) is 73.1 Å². The number of para-hydroxylation sites is 1. The maximum atomic E-state index is 13.0. The van der Waals surface area contributed by atoms with Crippen molar-refractivity contribution in [2.24, 2.45) is 0 Å². The van der Waals surface area contributed by atoms with Crippen LogP contribution in [0.2, 0.25) is 0 Å². The van der Waals surface area contributed by atoms with Crippen molar-refractivity contribution < 1.29 is 22.8 Å². The number of hydrogen-bond donors (Lipinski definition) is 1. The van der Waals surface area contributed by atoms with E-state index in [1.165, 1.54) is 16.9 Å². The van der Waals surface area contributed by atoms with E-state index in [9.17, 15) is 22.8 Å². The van der Waals surface area contributed by atoms with Crippen LogP contribution in [0.1, 0.15) is 37.5 Å². The van der Waals surface area contributed by atoms with E-state index in [-0.39, 0.29) is 17.3 Å². The van der Waals surface area contributed by atoms with Crippen LogP contribution in [0, 0.1) is 6.92 Å². The summed E-state index contributed by atoms with van der Waals surface area (Å²) < 4.78 is 39.7. The fourth-order valence-electron chi connectivity index (χ4n) is 4.14. The van der Waals surface area contributed by atoms with Gasteiger partial charge in [0.1, 0.15) is 0 Å². The molecule has 0 spiro atoms. The highest BCUT2D eigenvalue weighted by molar-refractivity contribution is 6.08. The van der Waals surface area contributed by atoms with Crippen molar-refractivity contribution in [1.29, 1.82) is 0 Å². The van der Waals surface area contributed by atoms with Crippen LogP contribution in [0.3, 0.4) is 0 Å². The minimum Gasteiger partial charge on any atom is -0.322 e. The van der Waals surface area contributed by atoms with E-state index in [1.807, 2.05) is 24.3 Å². The standard InChI is InChI=1S/C26H20F3N5O2/c1-16-21(15-31-34(16)23-11-8-19(14-30-23)26(27,28)29)24(35)32-20-9-6-18(7-10-20)25(36)33-13-12-17-4-2-3-5-22(17)33/h2-11,14-15H,12-13H2,1H3,(H,32,35). The van der Waals surface area contributed by atoms with Crippen molar-refractivity contribution in [1.82, 2.24) is 14.8 Å². The Kier molecular flexibility index (Phi) is 5.79. The van der Waals surface area contributed by atoms with Gasteiger partial charge in [-0.1, -0.05) is 18.2 Å². The summed E-state index contributed by atoms with van der Waals surface area (Å²) in [6, 6.07) is 16.5. The molecule has 182 valence electrons. The first kappa shape index (κ1) is 23.3. The molecule has 1 N–H and O–H groups in total. The monoisotopic (exact) mass is 491 g/mol. The van der Waals surface area contributed by atoms with E-state index < -0.39 is 17.6 Å². The van der Waals surface area contributed by atoms with Gasteiger partial charge in [-0.25, -0.2) is 9.67 Å². The first-order valence-electron chi connectivity index (χ1n) is 11.1. The van der Waals surface area contributed by atoms with Gasteiger partial charge in [-0.15, -0.1) is 0 Å². The molecule has 36 heavy (non-hydrogen) atoms. The average Bonchev–Trinajstić information content (AvgIpc) is 3.47. The van der Waals surface area contributed by atoms with Gasteiger partial charge >= 0.3 is 6.18 Å². The van der Waals surface area contributed by atoms with Gasteiger partial charge in [-0.05, 0) is 61.4 Å². The molecular weight excluding hydrogens is 471 g/mol. The number of nitrogens with one attached hydrogen (secondary N) is 1. The summed E-state index contributed by atoms with van der Waals surface area (Å²) in [4.78, 5) is 31.4. The number of benzene rings is 2. The lowest BCUT2D eigenvalue weighted by atomic mass is 10.1. The molecule has 0 bridgehead atoms. The third kappa shape index (κ3) is 4.33. The van der Waals surface area contributed by atoms with Gasteiger partial charge < -0.3 is 10.2 Å². The highest BCUT2D eigenvalue weighted by atomic mass is 19.4. The lowest BCUT2D eigenvalue weighted by molar-refractivity contribution is -0.137. The van der Waals surface area contributed by atoms with Crippen LogP contribution in [0.25, 0.3) is 5.82 Å². The summed E-state index contributed by atoms with van der Waals surface area (Å²) >= 11 is 0. The molecule has 0 fully saturated rings. The van der Waals surface area contributed by atoms with E-state index in [0.717, 1.165) is 29.9 Å². The van der Waals surface area contributed by atoms with Crippen molar-refractivity contribution in [2.75, 3.05) is 16.8 Å². The predicted octanol–water partition coefficient (Wildman–Crippen LogP) is 5.05. The molecule has 4 aromatic rings. The summed E-state index contributed by atoms with van der Waals surface area (Å²) in [6.07, 6.45) is -1.63. The molecule has 1 aliphatic heterocycles. The second kappa shape index (κ2) is 8.95. The van der Waals surface area contributed by atoms with Crippen molar-refractivity contribution in [3.63, 3.8) is 0 Å². The van der Waals surface area contributed by atoms with Crippen LogP contribution in [-0.4, -0.2) is 33.1 Å². The molecule has 10 heteroatoms. The van der Waals surface area contributed by atoms with Crippen LogP contribution < -0.4 is 10.2 Å². The van der Waals surface area contributed by atoms with Gasteiger partial charge in [0.25, 0.3) is 11.8 Å². The number of fused-ring (bicyclic) bond motifs is 1. The van der Waals surface area contributed by atoms with Crippen LogP contribution >= 0.6 is 0 Å². The highest BCUT2D eigenvalue weighted by Crippen LogP contribution is 2.30. The second-order valence-electron chi connectivity index (χ2n) is 8.33. The third-order valence-electron chi connectivity index (χ3n) is 6.07. The van der Waals surface area contributed by atoms with Crippen LogP contribution in [-0.2, 0) is 12.6 Å². The number of anilines is 2. The van der Waals surface area contributed by atoms with Gasteiger partial charge in [0.2, 0.25) is 0 Å². The second-order valence-corrected chi connectivity index (χ2v) is 8.33. The molecular formula is C26H20F3N5O2. The first-order chi connectivity index (χ1) is 17.2. The fourth-order valence-corrected chi connectivity index (χ4v) is 4.14. The molecule has 5 rings (SSSR count). The number of nitrogens with zero attached hydrogens (tertiary/aromatic N) is 4.